The van der Waals surface area contributed by atoms with E-state index >= 15 is 0 Å². The van der Waals surface area contributed by atoms with Gasteiger partial charge in [0.25, 0.3) is 0 Å². The molecule has 0 radical (unpaired) electrons. The summed E-state index contributed by atoms with van der Waals surface area (Å²) in [6, 6.07) is 12.8. The summed E-state index contributed by atoms with van der Waals surface area (Å²) in [5.41, 5.74) is 4.64. The minimum absolute atomic E-state index is 0.0223. The third-order valence-corrected chi connectivity index (χ3v) is 6.73. The molecule has 0 saturated carbocycles. The van der Waals surface area contributed by atoms with Crippen LogP contribution in [0.25, 0.3) is 0 Å². The van der Waals surface area contributed by atoms with Crippen molar-refractivity contribution < 1.29 is 0 Å². The number of hydrogen-bond acceptors (Lipinski definition) is 5. The highest BCUT2D eigenvalue weighted by atomic mass is 15.5. The van der Waals surface area contributed by atoms with Crippen LogP contribution in [0.5, 0.6) is 0 Å². The summed E-state index contributed by atoms with van der Waals surface area (Å²) < 4.78 is 0. The van der Waals surface area contributed by atoms with E-state index in [0.29, 0.717) is 0 Å². The van der Waals surface area contributed by atoms with Crippen molar-refractivity contribution in [1.29, 1.82) is 0 Å². The fourth-order valence-electron chi connectivity index (χ4n) is 5.05. The molecule has 6 rings (SSSR count). The molecule has 0 saturated heterocycles. The van der Waals surface area contributed by atoms with E-state index in [1.165, 1.54) is 11.3 Å². The molecule has 1 aliphatic carbocycles. The normalized spacial score (nSPS) is 29.5. The fourth-order valence-corrected chi connectivity index (χ4v) is 5.05. The molecular weight excluding hydrogens is 334 g/mol. The van der Waals surface area contributed by atoms with Crippen LogP contribution in [0.4, 0.5) is 22.9 Å². The minimum Gasteiger partial charge on any atom is -0.315 e. The maximum Gasteiger partial charge on any atom is 0.162 e. The molecule has 3 unspecified atom stereocenters. The highest BCUT2D eigenvalue weighted by Gasteiger charge is 2.63. The molecule has 3 atom stereocenters. The molecule has 5 heteroatoms. The molecule has 0 amide bonds. The van der Waals surface area contributed by atoms with Gasteiger partial charge in [0.15, 0.2) is 5.82 Å². The van der Waals surface area contributed by atoms with Crippen LogP contribution < -0.4 is 9.80 Å². The largest absolute Gasteiger partial charge is 0.315 e. The molecular formula is C22H19N5. The monoisotopic (exact) mass is 353 g/mol. The number of allylic oxidation sites excluding steroid dienone is 1. The Morgan fingerprint density at radius 3 is 2.48 bits per heavy atom. The average Bonchev–Trinajstić information content (AvgIpc) is 3.07. The van der Waals surface area contributed by atoms with Crippen molar-refractivity contribution >= 4 is 22.9 Å². The van der Waals surface area contributed by atoms with Gasteiger partial charge in [0.1, 0.15) is 18.2 Å². The van der Waals surface area contributed by atoms with Crippen LogP contribution in [0.3, 0.4) is 0 Å². The lowest BCUT2D eigenvalue weighted by Crippen LogP contribution is -2.64. The van der Waals surface area contributed by atoms with E-state index in [0.717, 1.165) is 17.2 Å². The first kappa shape index (κ1) is 14.9. The highest BCUT2D eigenvalue weighted by Crippen LogP contribution is 2.66. The van der Waals surface area contributed by atoms with E-state index in [9.17, 15) is 0 Å². The number of rotatable bonds is 1. The molecule has 0 N–H and O–H groups in total. The van der Waals surface area contributed by atoms with Crippen molar-refractivity contribution in [3.8, 4) is 0 Å². The number of benzene rings is 1. The Kier molecular flexibility index (Phi) is 2.62. The standard InChI is InChI=1S/C22H19N5/c1-21-9-10-22(21,2)20-26(15-7-11-23-12-8-15)18-13-24-14-25-19(18)27(20)17-6-4-3-5-16(17)21/h3-14,20H,1-2H3. The Morgan fingerprint density at radius 1 is 0.889 bits per heavy atom. The van der Waals surface area contributed by atoms with E-state index in [1.807, 2.05) is 18.6 Å². The van der Waals surface area contributed by atoms with Crippen LogP contribution in [-0.4, -0.2) is 21.1 Å². The first-order valence-corrected chi connectivity index (χ1v) is 9.23. The minimum atomic E-state index is -0.0642. The number of pyridine rings is 1. The number of anilines is 4. The van der Waals surface area contributed by atoms with Gasteiger partial charge in [-0.1, -0.05) is 44.2 Å². The van der Waals surface area contributed by atoms with Crippen LogP contribution in [-0.2, 0) is 5.41 Å². The van der Waals surface area contributed by atoms with E-state index in [-0.39, 0.29) is 17.0 Å². The smallest absolute Gasteiger partial charge is 0.162 e. The Balaban J connectivity index is 1.69. The van der Waals surface area contributed by atoms with Crippen LogP contribution in [0, 0.1) is 5.41 Å². The summed E-state index contributed by atoms with van der Waals surface area (Å²) in [5.74, 6) is 0.961. The van der Waals surface area contributed by atoms with E-state index in [4.69, 9.17) is 0 Å². The molecule has 0 fully saturated rings. The van der Waals surface area contributed by atoms with Crippen molar-refractivity contribution in [2.75, 3.05) is 9.80 Å². The van der Waals surface area contributed by atoms with Crippen molar-refractivity contribution in [3.05, 3.63) is 79.0 Å². The first-order chi connectivity index (χ1) is 13.2. The molecule has 3 aliphatic rings. The van der Waals surface area contributed by atoms with E-state index < -0.39 is 0 Å². The lowest BCUT2D eigenvalue weighted by atomic mass is 9.51. The molecule has 3 aromatic rings. The van der Waals surface area contributed by atoms with Gasteiger partial charge in [-0.25, -0.2) is 9.97 Å². The van der Waals surface area contributed by atoms with Crippen LogP contribution >= 0.6 is 0 Å². The lowest BCUT2D eigenvalue weighted by molar-refractivity contribution is 0.174. The van der Waals surface area contributed by atoms with Gasteiger partial charge < -0.3 is 9.80 Å². The van der Waals surface area contributed by atoms with Gasteiger partial charge in [0, 0.05) is 34.6 Å². The SMILES string of the molecule is CC12C=CC1(C)C1N(c3ccncc3)c3cncnc3N1c1ccccc12. The summed E-state index contributed by atoms with van der Waals surface area (Å²) >= 11 is 0. The van der Waals surface area contributed by atoms with Crippen LogP contribution in [0.15, 0.2) is 73.5 Å². The van der Waals surface area contributed by atoms with E-state index in [1.54, 1.807) is 6.33 Å². The van der Waals surface area contributed by atoms with Gasteiger partial charge in [-0.2, -0.15) is 0 Å². The average molecular weight is 353 g/mol. The van der Waals surface area contributed by atoms with Crippen LogP contribution in [0.2, 0.25) is 0 Å². The van der Waals surface area contributed by atoms with Gasteiger partial charge in [-0.15, -0.1) is 0 Å². The molecule has 2 aromatic heterocycles. The first-order valence-electron chi connectivity index (χ1n) is 9.23. The Morgan fingerprint density at radius 2 is 1.70 bits per heavy atom. The van der Waals surface area contributed by atoms with Crippen molar-refractivity contribution in [3.63, 3.8) is 0 Å². The third-order valence-electron chi connectivity index (χ3n) is 6.73. The third kappa shape index (κ3) is 1.59. The zero-order chi connectivity index (χ0) is 18.2. The van der Waals surface area contributed by atoms with E-state index in [2.05, 4.69) is 87.1 Å². The summed E-state index contributed by atoms with van der Waals surface area (Å²) in [6.45, 7) is 4.71. The number of aromatic nitrogens is 3. The molecule has 0 spiro atoms. The second-order valence-corrected chi connectivity index (χ2v) is 7.89. The summed E-state index contributed by atoms with van der Waals surface area (Å²) in [7, 11) is 0. The molecule has 1 aromatic carbocycles. The van der Waals surface area contributed by atoms with Gasteiger partial charge in [0.2, 0.25) is 0 Å². The molecule has 132 valence electrons. The topological polar surface area (TPSA) is 45.2 Å². The van der Waals surface area contributed by atoms with Crippen molar-refractivity contribution in [1.82, 2.24) is 15.0 Å². The lowest BCUT2D eigenvalue weighted by Gasteiger charge is -2.61. The molecule has 0 bridgehead atoms. The molecule has 5 nitrogen and oxygen atoms in total. The Bertz CT molecular complexity index is 1090. The fraction of sp³-hybridized carbons (Fsp3) is 0.227. The predicted molar refractivity (Wildman–Crippen MR) is 105 cm³/mol. The predicted octanol–water partition coefficient (Wildman–Crippen LogP) is 4.33. The van der Waals surface area contributed by atoms with Crippen molar-refractivity contribution in [2.45, 2.75) is 25.4 Å². The Hall–Kier alpha value is -3.21. The zero-order valence-corrected chi connectivity index (χ0v) is 15.2. The molecule has 27 heavy (non-hydrogen) atoms. The maximum atomic E-state index is 4.69. The van der Waals surface area contributed by atoms with Gasteiger partial charge >= 0.3 is 0 Å². The number of para-hydroxylation sites is 1. The molecule has 2 aliphatic heterocycles. The second kappa shape index (κ2) is 4.74. The van der Waals surface area contributed by atoms with Gasteiger partial charge in [0.05, 0.1) is 6.20 Å². The summed E-state index contributed by atoms with van der Waals surface area (Å²) in [6.07, 6.45) is 12.0. The maximum absolute atomic E-state index is 4.69. The second-order valence-electron chi connectivity index (χ2n) is 7.89. The highest BCUT2D eigenvalue weighted by molar-refractivity contribution is 5.89. The van der Waals surface area contributed by atoms with Crippen LogP contribution in [0.1, 0.15) is 19.4 Å². The van der Waals surface area contributed by atoms with Crippen molar-refractivity contribution in [2.24, 2.45) is 5.41 Å². The van der Waals surface area contributed by atoms with Gasteiger partial charge in [-0.3, -0.25) is 4.98 Å². The summed E-state index contributed by atoms with van der Waals surface area (Å²) in [5, 5.41) is 0. The molecule has 4 heterocycles. The zero-order valence-electron chi connectivity index (χ0n) is 15.2. The number of hydrogen-bond donors (Lipinski definition) is 0. The Labute approximate surface area is 158 Å². The quantitative estimate of drug-likeness (QED) is 0.609. The number of nitrogens with zero attached hydrogens (tertiary/aromatic N) is 5. The summed E-state index contributed by atoms with van der Waals surface area (Å²) in [4.78, 5) is 18.0. The van der Waals surface area contributed by atoms with Gasteiger partial charge in [-0.05, 0) is 23.8 Å². The number of fused-ring (bicyclic) bond motifs is 8.